The lowest BCUT2D eigenvalue weighted by Gasteiger charge is -2.22. The van der Waals surface area contributed by atoms with Crippen LogP contribution < -0.4 is 9.47 Å². The van der Waals surface area contributed by atoms with Crippen LogP contribution in [-0.2, 0) is 0 Å². The lowest BCUT2D eigenvalue weighted by atomic mass is 9.82. The Hall–Kier alpha value is -3.02. The Bertz CT molecular complexity index is 822. The molecule has 112 valence electrons. The molecule has 0 amide bonds. The molecule has 6 heteroatoms. The van der Waals surface area contributed by atoms with E-state index in [-0.39, 0.29) is 33.8 Å². The van der Waals surface area contributed by atoms with Gasteiger partial charge in [0.25, 0.3) is 0 Å². The number of aromatic hydroxyl groups is 2. The number of ketones is 2. The van der Waals surface area contributed by atoms with Crippen LogP contribution >= 0.6 is 0 Å². The van der Waals surface area contributed by atoms with Gasteiger partial charge in [-0.2, -0.15) is 0 Å². The number of carbonyl (C=O) groups is 2. The Balaban J connectivity index is 2.45. The summed E-state index contributed by atoms with van der Waals surface area (Å²) in [7, 11) is 2.48. The van der Waals surface area contributed by atoms with Crippen LogP contribution in [-0.4, -0.2) is 36.0 Å². The molecule has 2 N–H and O–H groups in total. The topological polar surface area (TPSA) is 93.1 Å². The van der Waals surface area contributed by atoms with E-state index < -0.39 is 23.1 Å². The molecule has 0 unspecified atom stereocenters. The van der Waals surface area contributed by atoms with Crippen molar-refractivity contribution in [3.63, 3.8) is 0 Å². The van der Waals surface area contributed by atoms with Gasteiger partial charge in [0, 0.05) is 11.1 Å². The molecule has 0 saturated carbocycles. The minimum Gasteiger partial charge on any atom is -0.504 e. The van der Waals surface area contributed by atoms with Gasteiger partial charge >= 0.3 is 0 Å². The molecule has 22 heavy (non-hydrogen) atoms. The second kappa shape index (κ2) is 4.77. The van der Waals surface area contributed by atoms with Crippen LogP contribution in [0.1, 0.15) is 31.8 Å². The van der Waals surface area contributed by atoms with Gasteiger partial charge in [-0.3, -0.25) is 9.59 Å². The van der Waals surface area contributed by atoms with Gasteiger partial charge in [0.15, 0.2) is 23.1 Å². The van der Waals surface area contributed by atoms with Gasteiger partial charge in [0.05, 0.1) is 25.3 Å². The molecule has 0 bridgehead atoms. The molecule has 0 saturated heterocycles. The van der Waals surface area contributed by atoms with Crippen molar-refractivity contribution < 1.29 is 29.3 Å². The van der Waals surface area contributed by atoms with Crippen molar-refractivity contribution in [3.8, 4) is 23.0 Å². The van der Waals surface area contributed by atoms with Crippen molar-refractivity contribution in [3.05, 3.63) is 46.5 Å². The van der Waals surface area contributed by atoms with Crippen LogP contribution in [0.3, 0.4) is 0 Å². The predicted octanol–water partition coefficient (Wildman–Crippen LogP) is 1.89. The first kappa shape index (κ1) is 13.9. The third-order valence-corrected chi connectivity index (χ3v) is 3.64. The van der Waals surface area contributed by atoms with E-state index in [0.29, 0.717) is 0 Å². The fourth-order valence-electron chi connectivity index (χ4n) is 2.66. The Morgan fingerprint density at radius 1 is 0.773 bits per heavy atom. The molecule has 1 aliphatic carbocycles. The summed E-state index contributed by atoms with van der Waals surface area (Å²) in [5, 5.41) is 20.3. The molecule has 0 aromatic heterocycles. The van der Waals surface area contributed by atoms with E-state index in [1.54, 1.807) is 12.1 Å². The minimum atomic E-state index is -0.580. The van der Waals surface area contributed by atoms with Crippen molar-refractivity contribution >= 4 is 11.6 Å². The highest BCUT2D eigenvalue weighted by Gasteiger charge is 2.38. The maximum Gasteiger partial charge on any atom is 0.207 e. The minimum absolute atomic E-state index is 0.165. The van der Waals surface area contributed by atoms with E-state index in [2.05, 4.69) is 0 Å². The molecule has 2 aromatic rings. The SMILES string of the molecule is COc1c(O)c(OC)c2c(c1O)C(=O)c1ccccc1C2=O. The first-order valence-corrected chi connectivity index (χ1v) is 6.41. The Morgan fingerprint density at radius 3 is 1.77 bits per heavy atom. The fourth-order valence-corrected chi connectivity index (χ4v) is 2.66. The molecule has 0 spiro atoms. The number of phenolic OH excluding ortho intramolecular Hbond substituents is 2. The zero-order valence-corrected chi connectivity index (χ0v) is 11.8. The first-order chi connectivity index (χ1) is 10.5. The van der Waals surface area contributed by atoms with Crippen molar-refractivity contribution in [1.29, 1.82) is 0 Å². The summed E-state index contributed by atoms with van der Waals surface area (Å²) in [5.41, 5.74) is -0.00966. The zero-order chi connectivity index (χ0) is 16.0. The second-order valence-corrected chi connectivity index (χ2v) is 4.72. The molecule has 2 aromatic carbocycles. The normalized spacial score (nSPS) is 12.6. The molecule has 6 nitrogen and oxygen atoms in total. The Kier molecular flexibility index (Phi) is 3.02. The van der Waals surface area contributed by atoms with Crippen LogP contribution in [0.5, 0.6) is 23.0 Å². The lowest BCUT2D eigenvalue weighted by molar-refractivity contribution is 0.0972. The summed E-state index contributed by atoms with van der Waals surface area (Å²) in [4.78, 5) is 25.3. The first-order valence-electron chi connectivity index (χ1n) is 6.41. The second-order valence-electron chi connectivity index (χ2n) is 4.72. The lowest BCUT2D eigenvalue weighted by Crippen LogP contribution is -2.22. The van der Waals surface area contributed by atoms with Crippen molar-refractivity contribution in [2.75, 3.05) is 14.2 Å². The van der Waals surface area contributed by atoms with E-state index in [9.17, 15) is 19.8 Å². The monoisotopic (exact) mass is 300 g/mol. The third kappa shape index (κ3) is 1.60. The third-order valence-electron chi connectivity index (χ3n) is 3.64. The summed E-state index contributed by atoms with van der Waals surface area (Å²) >= 11 is 0. The highest BCUT2D eigenvalue weighted by molar-refractivity contribution is 6.30. The van der Waals surface area contributed by atoms with E-state index in [4.69, 9.17) is 9.47 Å². The number of rotatable bonds is 2. The summed E-state index contributed by atoms with van der Waals surface area (Å²) < 4.78 is 9.97. The van der Waals surface area contributed by atoms with Crippen LogP contribution in [0.15, 0.2) is 24.3 Å². The highest BCUT2D eigenvalue weighted by Crippen LogP contribution is 2.51. The summed E-state index contributed by atoms with van der Waals surface area (Å²) in [6, 6.07) is 6.27. The maximum atomic E-state index is 12.6. The Morgan fingerprint density at radius 2 is 1.27 bits per heavy atom. The van der Waals surface area contributed by atoms with Crippen LogP contribution in [0.25, 0.3) is 0 Å². The number of ether oxygens (including phenoxy) is 2. The highest BCUT2D eigenvalue weighted by atomic mass is 16.5. The standard InChI is InChI=1S/C16H12O6/c1-21-15-10-9(13(19)16(22-2)14(15)20)11(17)7-5-3-4-6-8(7)12(10)18/h3-6,19-20H,1-2H3. The summed E-state index contributed by atoms with van der Waals surface area (Å²) in [6.07, 6.45) is 0. The van der Waals surface area contributed by atoms with E-state index in [1.807, 2.05) is 0 Å². The Labute approximate surface area is 125 Å². The number of phenols is 2. The quantitative estimate of drug-likeness (QED) is 0.750. The van der Waals surface area contributed by atoms with Crippen molar-refractivity contribution in [1.82, 2.24) is 0 Å². The molecule has 0 fully saturated rings. The van der Waals surface area contributed by atoms with Crippen LogP contribution in [0.2, 0.25) is 0 Å². The number of hydrogen-bond acceptors (Lipinski definition) is 6. The van der Waals surface area contributed by atoms with Crippen LogP contribution in [0, 0.1) is 0 Å². The summed E-state index contributed by atoms with van der Waals surface area (Å²) in [6.45, 7) is 0. The van der Waals surface area contributed by atoms with Gasteiger partial charge in [-0.05, 0) is 0 Å². The number of fused-ring (bicyclic) bond motifs is 2. The number of benzene rings is 2. The average molecular weight is 300 g/mol. The molecular weight excluding hydrogens is 288 g/mol. The molecule has 1 aliphatic rings. The molecule has 3 rings (SSSR count). The number of methoxy groups -OCH3 is 2. The zero-order valence-electron chi connectivity index (χ0n) is 11.8. The summed E-state index contributed by atoms with van der Waals surface area (Å²) in [5.74, 6) is -2.64. The van der Waals surface area contributed by atoms with Crippen molar-refractivity contribution in [2.24, 2.45) is 0 Å². The molecular formula is C16H12O6. The maximum absolute atomic E-state index is 12.6. The fraction of sp³-hybridized carbons (Fsp3) is 0.125. The van der Waals surface area contributed by atoms with Crippen LogP contribution in [0.4, 0.5) is 0 Å². The van der Waals surface area contributed by atoms with E-state index in [1.165, 1.54) is 26.4 Å². The molecule has 0 aliphatic heterocycles. The predicted molar refractivity (Wildman–Crippen MR) is 76.2 cm³/mol. The molecule has 0 atom stereocenters. The van der Waals surface area contributed by atoms with E-state index >= 15 is 0 Å². The number of carbonyl (C=O) groups excluding carboxylic acids is 2. The van der Waals surface area contributed by atoms with Crippen molar-refractivity contribution in [2.45, 2.75) is 0 Å². The van der Waals surface area contributed by atoms with Gasteiger partial charge in [0.2, 0.25) is 11.5 Å². The average Bonchev–Trinajstić information content (AvgIpc) is 2.52. The van der Waals surface area contributed by atoms with Gasteiger partial charge < -0.3 is 19.7 Å². The van der Waals surface area contributed by atoms with Gasteiger partial charge in [0.1, 0.15) is 0 Å². The van der Waals surface area contributed by atoms with Gasteiger partial charge in [-0.1, -0.05) is 24.3 Å². The molecule has 0 heterocycles. The molecule has 0 radical (unpaired) electrons. The van der Waals surface area contributed by atoms with Gasteiger partial charge in [-0.25, -0.2) is 0 Å². The van der Waals surface area contributed by atoms with Gasteiger partial charge in [-0.15, -0.1) is 0 Å². The smallest absolute Gasteiger partial charge is 0.207 e. The number of hydrogen-bond donors (Lipinski definition) is 2. The largest absolute Gasteiger partial charge is 0.504 e. The van der Waals surface area contributed by atoms with E-state index in [0.717, 1.165) is 0 Å².